The second-order valence-electron chi connectivity index (χ2n) is 6.89. The number of rotatable bonds is 5. The van der Waals surface area contributed by atoms with Gasteiger partial charge in [-0.25, -0.2) is 9.78 Å². The lowest BCUT2D eigenvalue weighted by molar-refractivity contribution is -0.117. The smallest absolute Gasteiger partial charge is 0.335 e. The molecule has 0 radical (unpaired) electrons. The van der Waals surface area contributed by atoms with Crippen LogP contribution in [-0.4, -0.2) is 37.8 Å². The molecule has 0 spiro atoms. The van der Waals surface area contributed by atoms with Crippen LogP contribution in [0, 0.1) is 0 Å². The SMILES string of the molecule is O=C(O)c1ccc2nc(N3C(=O)C(O)=C(C(=O)c4ccco4)C3c3ccccn3)sc2c1. The molecule has 32 heavy (non-hydrogen) atoms. The van der Waals surface area contributed by atoms with Crippen molar-refractivity contribution in [3.8, 4) is 0 Å². The summed E-state index contributed by atoms with van der Waals surface area (Å²) in [6.45, 7) is 0. The van der Waals surface area contributed by atoms with Crippen molar-refractivity contribution >= 4 is 44.3 Å². The Hall–Kier alpha value is -4.31. The lowest BCUT2D eigenvalue weighted by Crippen LogP contribution is -2.31. The third kappa shape index (κ3) is 3.05. The average molecular weight is 447 g/mol. The Balaban J connectivity index is 1.66. The Bertz CT molecular complexity index is 1410. The van der Waals surface area contributed by atoms with Gasteiger partial charge in [0.25, 0.3) is 5.91 Å². The number of carbonyl (C=O) groups is 3. The second-order valence-corrected chi connectivity index (χ2v) is 7.89. The van der Waals surface area contributed by atoms with Gasteiger partial charge in [0.1, 0.15) is 6.04 Å². The molecule has 9 nitrogen and oxygen atoms in total. The number of anilines is 1. The van der Waals surface area contributed by atoms with E-state index in [4.69, 9.17) is 4.42 Å². The first-order valence-corrected chi connectivity index (χ1v) is 10.2. The Morgan fingerprint density at radius 2 is 1.97 bits per heavy atom. The fraction of sp³-hybridized carbons (Fsp3) is 0.0455. The minimum absolute atomic E-state index is 0.0301. The van der Waals surface area contributed by atoms with E-state index in [0.717, 1.165) is 11.3 Å². The standard InChI is InChI=1S/C22H13N3O6S/c26-18(14-5-3-9-31-14)16-17(13-4-1-2-8-23-13)25(20(28)19(16)27)22-24-12-7-6-11(21(29)30)10-15(12)32-22/h1-10,17,27H,(H,29,30). The number of aliphatic hydroxyl groups is 1. The van der Waals surface area contributed by atoms with Crippen molar-refractivity contribution in [3.63, 3.8) is 0 Å². The van der Waals surface area contributed by atoms with Gasteiger partial charge in [-0.1, -0.05) is 17.4 Å². The Kier molecular flexibility index (Phi) is 4.56. The van der Waals surface area contributed by atoms with Crippen LogP contribution < -0.4 is 4.90 Å². The van der Waals surface area contributed by atoms with E-state index < -0.39 is 29.5 Å². The molecule has 10 heteroatoms. The zero-order valence-corrected chi connectivity index (χ0v) is 16.9. The quantitative estimate of drug-likeness (QED) is 0.442. The number of aromatic nitrogens is 2. The van der Waals surface area contributed by atoms with E-state index in [1.165, 1.54) is 47.7 Å². The third-order valence-electron chi connectivity index (χ3n) is 5.00. The molecule has 5 rings (SSSR count). The van der Waals surface area contributed by atoms with Crippen LogP contribution in [0.3, 0.4) is 0 Å². The summed E-state index contributed by atoms with van der Waals surface area (Å²) in [5, 5.41) is 20.1. The second kappa shape index (κ2) is 7.43. The molecule has 1 unspecified atom stereocenters. The number of fused-ring (bicyclic) bond motifs is 1. The molecule has 4 heterocycles. The first kappa shape index (κ1) is 19.6. The van der Waals surface area contributed by atoms with Crippen molar-refractivity contribution in [1.29, 1.82) is 0 Å². The summed E-state index contributed by atoms with van der Waals surface area (Å²) >= 11 is 1.07. The molecular formula is C22H13N3O6S. The zero-order valence-electron chi connectivity index (χ0n) is 16.1. The number of aromatic carboxylic acids is 1. The number of nitrogens with zero attached hydrogens (tertiary/aromatic N) is 3. The summed E-state index contributed by atoms with van der Waals surface area (Å²) < 4.78 is 5.73. The first-order valence-electron chi connectivity index (χ1n) is 9.35. The van der Waals surface area contributed by atoms with Crippen LogP contribution in [0.4, 0.5) is 5.13 Å². The molecule has 0 aliphatic carbocycles. The van der Waals surface area contributed by atoms with Crippen LogP contribution in [0.5, 0.6) is 0 Å². The number of furan rings is 1. The Morgan fingerprint density at radius 1 is 1.12 bits per heavy atom. The Morgan fingerprint density at radius 3 is 2.66 bits per heavy atom. The predicted octanol–water partition coefficient (Wildman–Crippen LogP) is 3.77. The number of hydrogen-bond donors (Lipinski definition) is 2. The highest BCUT2D eigenvalue weighted by molar-refractivity contribution is 7.22. The van der Waals surface area contributed by atoms with Gasteiger partial charge in [-0.05, 0) is 42.5 Å². The highest BCUT2D eigenvalue weighted by atomic mass is 32.1. The summed E-state index contributed by atoms with van der Waals surface area (Å²) in [6.07, 6.45) is 2.84. The van der Waals surface area contributed by atoms with Crippen molar-refractivity contribution in [3.05, 3.63) is 89.3 Å². The highest BCUT2D eigenvalue weighted by Gasteiger charge is 2.47. The van der Waals surface area contributed by atoms with Gasteiger partial charge in [0.05, 0.1) is 33.3 Å². The molecule has 1 aliphatic rings. The number of carboxylic acid groups (broad SMARTS) is 1. The summed E-state index contributed by atoms with van der Waals surface area (Å²) in [5.74, 6) is -3.29. The van der Waals surface area contributed by atoms with Gasteiger partial charge in [0.15, 0.2) is 16.7 Å². The average Bonchev–Trinajstić information content (AvgIpc) is 3.52. The molecule has 1 atom stereocenters. The number of aliphatic hydroxyl groups excluding tert-OH is 1. The number of benzene rings is 1. The number of pyridine rings is 1. The molecule has 1 aromatic carbocycles. The van der Waals surface area contributed by atoms with Crippen molar-refractivity contribution in [1.82, 2.24) is 9.97 Å². The minimum atomic E-state index is -1.09. The van der Waals surface area contributed by atoms with Gasteiger partial charge in [-0.3, -0.25) is 19.5 Å². The van der Waals surface area contributed by atoms with Crippen LogP contribution in [0.25, 0.3) is 10.2 Å². The van der Waals surface area contributed by atoms with E-state index in [2.05, 4.69) is 9.97 Å². The van der Waals surface area contributed by atoms with Gasteiger partial charge in [-0.2, -0.15) is 0 Å². The highest BCUT2D eigenvalue weighted by Crippen LogP contribution is 2.43. The van der Waals surface area contributed by atoms with E-state index in [-0.39, 0.29) is 22.0 Å². The van der Waals surface area contributed by atoms with Crippen molar-refractivity contribution in [2.45, 2.75) is 6.04 Å². The van der Waals surface area contributed by atoms with Crippen LogP contribution in [0.15, 0.2) is 76.7 Å². The predicted molar refractivity (Wildman–Crippen MR) is 114 cm³/mol. The number of hydrogen-bond acceptors (Lipinski definition) is 8. The van der Waals surface area contributed by atoms with Crippen molar-refractivity contribution < 1.29 is 29.0 Å². The molecule has 0 saturated carbocycles. The summed E-state index contributed by atoms with van der Waals surface area (Å²) in [5.41, 5.74) is 0.740. The van der Waals surface area contributed by atoms with Crippen molar-refractivity contribution in [2.24, 2.45) is 0 Å². The fourth-order valence-electron chi connectivity index (χ4n) is 3.54. The van der Waals surface area contributed by atoms with Gasteiger partial charge in [0, 0.05) is 6.20 Å². The Labute approximate surface area is 183 Å². The maximum atomic E-state index is 13.1. The van der Waals surface area contributed by atoms with Crippen LogP contribution in [0.1, 0.15) is 32.6 Å². The topological polar surface area (TPSA) is 134 Å². The van der Waals surface area contributed by atoms with Gasteiger partial charge >= 0.3 is 5.97 Å². The maximum Gasteiger partial charge on any atom is 0.335 e. The molecule has 0 saturated heterocycles. The van der Waals surface area contributed by atoms with E-state index in [0.29, 0.717) is 15.9 Å². The van der Waals surface area contributed by atoms with Crippen LogP contribution in [-0.2, 0) is 4.79 Å². The normalized spacial score (nSPS) is 16.2. The van der Waals surface area contributed by atoms with E-state index in [9.17, 15) is 24.6 Å². The maximum absolute atomic E-state index is 13.1. The monoisotopic (exact) mass is 447 g/mol. The summed E-state index contributed by atoms with van der Waals surface area (Å²) in [7, 11) is 0. The molecule has 158 valence electrons. The van der Waals surface area contributed by atoms with Gasteiger partial charge in [-0.15, -0.1) is 0 Å². The van der Waals surface area contributed by atoms with E-state index in [1.54, 1.807) is 18.2 Å². The molecule has 3 aromatic heterocycles. The summed E-state index contributed by atoms with van der Waals surface area (Å²) in [6, 6.07) is 11.4. The van der Waals surface area contributed by atoms with E-state index in [1.807, 2.05) is 0 Å². The van der Waals surface area contributed by atoms with Gasteiger partial charge in [0.2, 0.25) is 5.78 Å². The fourth-order valence-corrected chi connectivity index (χ4v) is 4.57. The molecule has 1 aliphatic heterocycles. The molecule has 0 bridgehead atoms. The lowest BCUT2D eigenvalue weighted by Gasteiger charge is -2.23. The summed E-state index contributed by atoms with van der Waals surface area (Å²) in [4.78, 5) is 47.4. The van der Waals surface area contributed by atoms with Gasteiger partial charge < -0.3 is 14.6 Å². The molecule has 2 N–H and O–H groups in total. The first-order chi connectivity index (χ1) is 15.5. The van der Waals surface area contributed by atoms with Crippen molar-refractivity contribution in [2.75, 3.05) is 4.90 Å². The lowest BCUT2D eigenvalue weighted by atomic mass is 9.99. The number of carboxylic acids is 1. The number of carbonyl (C=O) groups excluding carboxylic acids is 2. The number of thiazole rings is 1. The number of amides is 1. The minimum Gasteiger partial charge on any atom is -0.503 e. The zero-order chi connectivity index (χ0) is 22.4. The van der Waals surface area contributed by atoms with Crippen LogP contribution in [0.2, 0.25) is 0 Å². The van der Waals surface area contributed by atoms with Crippen LogP contribution >= 0.6 is 11.3 Å². The molecule has 1 amide bonds. The molecular weight excluding hydrogens is 434 g/mol. The molecule has 0 fully saturated rings. The molecule has 4 aromatic rings. The van der Waals surface area contributed by atoms with E-state index >= 15 is 0 Å². The largest absolute Gasteiger partial charge is 0.503 e. The third-order valence-corrected chi connectivity index (χ3v) is 6.01. The number of ketones is 1. The number of Topliss-reactive ketones (excluding diaryl/α,β-unsaturated/α-hetero) is 1.